The van der Waals surface area contributed by atoms with Gasteiger partial charge < -0.3 is 14.6 Å². The van der Waals surface area contributed by atoms with Gasteiger partial charge in [0.25, 0.3) is 0 Å². The molecular formula is C18H16O5. The van der Waals surface area contributed by atoms with Crippen LogP contribution in [0.5, 0.6) is 11.5 Å². The van der Waals surface area contributed by atoms with Gasteiger partial charge in [0.05, 0.1) is 25.3 Å². The molecule has 0 aliphatic rings. The lowest BCUT2D eigenvalue weighted by molar-refractivity contribution is 0.0600. The summed E-state index contributed by atoms with van der Waals surface area (Å²) in [6.45, 7) is 0. The Morgan fingerprint density at radius 1 is 1.04 bits per heavy atom. The molecule has 1 N–H and O–H groups in total. The maximum Gasteiger partial charge on any atom is 0.337 e. The molecule has 2 aromatic rings. The van der Waals surface area contributed by atoms with Crippen LogP contribution in [0.1, 0.15) is 26.3 Å². The van der Waals surface area contributed by atoms with E-state index < -0.39 is 5.97 Å². The zero-order valence-electron chi connectivity index (χ0n) is 12.8. The second-order valence-electron chi connectivity index (χ2n) is 4.69. The molecule has 2 rings (SSSR count). The Balaban J connectivity index is 2.13. The van der Waals surface area contributed by atoms with Crippen molar-refractivity contribution in [2.45, 2.75) is 0 Å². The number of ketones is 1. The van der Waals surface area contributed by atoms with Gasteiger partial charge in [0, 0.05) is 6.07 Å². The fourth-order valence-corrected chi connectivity index (χ4v) is 1.96. The predicted octanol–water partition coefficient (Wildman–Crippen LogP) is 3.08. The number of methoxy groups -OCH3 is 2. The molecule has 2 aromatic carbocycles. The van der Waals surface area contributed by atoms with E-state index in [1.165, 1.54) is 32.4 Å². The van der Waals surface area contributed by atoms with Crippen LogP contribution < -0.4 is 4.74 Å². The van der Waals surface area contributed by atoms with Gasteiger partial charge in [-0.3, -0.25) is 4.79 Å². The Kier molecular flexibility index (Phi) is 5.15. The highest BCUT2D eigenvalue weighted by atomic mass is 16.5. The van der Waals surface area contributed by atoms with Crippen molar-refractivity contribution < 1.29 is 24.2 Å². The van der Waals surface area contributed by atoms with Crippen molar-refractivity contribution in [3.8, 4) is 11.5 Å². The summed E-state index contributed by atoms with van der Waals surface area (Å²) < 4.78 is 9.59. The van der Waals surface area contributed by atoms with E-state index in [1.54, 1.807) is 36.4 Å². The minimum Gasteiger partial charge on any atom is -0.507 e. The van der Waals surface area contributed by atoms with Gasteiger partial charge in [0.2, 0.25) is 0 Å². The summed E-state index contributed by atoms with van der Waals surface area (Å²) in [6, 6.07) is 11.1. The number of phenols is 1. The standard InChI is InChI=1S/C18H16O5/c1-22-14-8-9-15(17(20)11-14)16(19)10-5-12-3-6-13(7-4-12)18(21)23-2/h3-11,20H,1-2H3/b10-5+. The van der Waals surface area contributed by atoms with Crippen molar-refractivity contribution in [1.29, 1.82) is 0 Å². The number of benzene rings is 2. The van der Waals surface area contributed by atoms with Crippen LogP contribution in [0.2, 0.25) is 0 Å². The summed E-state index contributed by atoms with van der Waals surface area (Å²) in [4.78, 5) is 23.4. The molecule has 0 aliphatic carbocycles. The van der Waals surface area contributed by atoms with Gasteiger partial charge in [-0.1, -0.05) is 18.2 Å². The zero-order valence-corrected chi connectivity index (χ0v) is 12.8. The predicted molar refractivity (Wildman–Crippen MR) is 85.8 cm³/mol. The Hall–Kier alpha value is -3.08. The molecule has 23 heavy (non-hydrogen) atoms. The minimum absolute atomic E-state index is 0.139. The molecule has 0 bridgehead atoms. The largest absolute Gasteiger partial charge is 0.507 e. The molecule has 0 saturated heterocycles. The van der Waals surface area contributed by atoms with Crippen LogP contribution in [-0.2, 0) is 4.74 Å². The average Bonchev–Trinajstić information content (AvgIpc) is 2.59. The number of hydrogen-bond acceptors (Lipinski definition) is 5. The first-order valence-electron chi connectivity index (χ1n) is 6.83. The smallest absolute Gasteiger partial charge is 0.337 e. The second kappa shape index (κ2) is 7.26. The van der Waals surface area contributed by atoms with Crippen LogP contribution in [0.15, 0.2) is 48.5 Å². The molecule has 0 radical (unpaired) electrons. The molecule has 118 valence electrons. The van der Waals surface area contributed by atoms with Crippen molar-refractivity contribution in [3.63, 3.8) is 0 Å². The second-order valence-corrected chi connectivity index (χ2v) is 4.69. The summed E-state index contributed by atoms with van der Waals surface area (Å²) in [7, 11) is 2.80. The van der Waals surface area contributed by atoms with Gasteiger partial charge in [-0.2, -0.15) is 0 Å². The van der Waals surface area contributed by atoms with E-state index in [1.807, 2.05) is 0 Å². The highest BCUT2D eigenvalue weighted by Gasteiger charge is 2.09. The molecule has 0 saturated carbocycles. The molecule has 0 atom stereocenters. The Labute approximate surface area is 133 Å². The normalized spacial score (nSPS) is 10.5. The lowest BCUT2D eigenvalue weighted by atomic mass is 10.1. The number of aromatic hydroxyl groups is 1. The average molecular weight is 312 g/mol. The molecule has 5 nitrogen and oxygen atoms in total. The van der Waals surface area contributed by atoms with Gasteiger partial charge in [-0.15, -0.1) is 0 Å². The summed E-state index contributed by atoms with van der Waals surface area (Å²) in [5, 5.41) is 9.83. The van der Waals surface area contributed by atoms with Gasteiger partial charge >= 0.3 is 5.97 Å². The number of carbonyl (C=O) groups is 2. The lowest BCUT2D eigenvalue weighted by Crippen LogP contribution is -2.00. The number of allylic oxidation sites excluding steroid dienone is 1. The van der Waals surface area contributed by atoms with Crippen LogP contribution in [0.4, 0.5) is 0 Å². The van der Waals surface area contributed by atoms with Crippen molar-refractivity contribution in [1.82, 2.24) is 0 Å². The number of rotatable bonds is 5. The van der Waals surface area contributed by atoms with Crippen LogP contribution in [0, 0.1) is 0 Å². The van der Waals surface area contributed by atoms with Crippen molar-refractivity contribution in [2.24, 2.45) is 0 Å². The van der Waals surface area contributed by atoms with Crippen LogP contribution >= 0.6 is 0 Å². The highest BCUT2D eigenvalue weighted by molar-refractivity contribution is 6.08. The van der Waals surface area contributed by atoms with E-state index in [2.05, 4.69) is 4.74 Å². The zero-order chi connectivity index (χ0) is 16.8. The fraction of sp³-hybridized carbons (Fsp3) is 0.111. The molecule has 0 spiro atoms. The molecular weight excluding hydrogens is 296 g/mol. The Morgan fingerprint density at radius 2 is 1.74 bits per heavy atom. The van der Waals surface area contributed by atoms with E-state index in [9.17, 15) is 14.7 Å². The summed E-state index contributed by atoms with van der Waals surface area (Å²) >= 11 is 0. The van der Waals surface area contributed by atoms with E-state index in [0.717, 1.165) is 5.56 Å². The van der Waals surface area contributed by atoms with Gasteiger partial charge in [-0.25, -0.2) is 4.79 Å². The highest BCUT2D eigenvalue weighted by Crippen LogP contribution is 2.24. The molecule has 0 unspecified atom stereocenters. The first-order valence-corrected chi connectivity index (χ1v) is 6.83. The molecule has 0 heterocycles. The van der Waals surface area contributed by atoms with E-state index >= 15 is 0 Å². The number of esters is 1. The fourth-order valence-electron chi connectivity index (χ4n) is 1.96. The molecule has 0 amide bonds. The molecule has 0 aliphatic heterocycles. The first-order chi connectivity index (χ1) is 11.0. The van der Waals surface area contributed by atoms with Crippen LogP contribution in [-0.4, -0.2) is 31.1 Å². The van der Waals surface area contributed by atoms with Gasteiger partial charge in [-0.05, 0) is 35.9 Å². The third-order valence-electron chi connectivity index (χ3n) is 3.23. The molecule has 5 heteroatoms. The number of carbonyl (C=O) groups excluding carboxylic acids is 2. The lowest BCUT2D eigenvalue weighted by Gasteiger charge is -2.04. The summed E-state index contributed by atoms with van der Waals surface area (Å²) in [5.41, 5.74) is 1.37. The van der Waals surface area contributed by atoms with Crippen LogP contribution in [0.25, 0.3) is 6.08 Å². The minimum atomic E-state index is -0.417. The SMILES string of the molecule is COC(=O)c1ccc(/C=C/C(=O)c2ccc(OC)cc2O)cc1. The quantitative estimate of drug-likeness (QED) is 0.522. The monoisotopic (exact) mass is 312 g/mol. The number of ether oxygens (including phenoxy) is 2. The van der Waals surface area contributed by atoms with Gasteiger partial charge in [0.1, 0.15) is 11.5 Å². The molecule has 0 aromatic heterocycles. The van der Waals surface area contributed by atoms with Crippen molar-refractivity contribution in [3.05, 3.63) is 65.2 Å². The maximum absolute atomic E-state index is 12.1. The Morgan fingerprint density at radius 3 is 2.30 bits per heavy atom. The Bertz CT molecular complexity index is 745. The summed E-state index contributed by atoms with van der Waals surface area (Å²) in [5.74, 6) is -0.413. The van der Waals surface area contributed by atoms with Gasteiger partial charge in [0.15, 0.2) is 5.78 Å². The van der Waals surface area contributed by atoms with E-state index in [4.69, 9.17) is 4.74 Å². The van der Waals surface area contributed by atoms with E-state index in [0.29, 0.717) is 11.3 Å². The van der Waals surface area contributed by atoms with E-state index in [-0.39, 0.29) is 17.1 Å². The van der Waals surface area contributed by atoms with Crippen molar-refractivity contribution in [2.75, 3.05) is 14.2 Å². The maximum atomic E-state index is 12.1. The third-order valence-corrected chi connectivity index (χ3v) is 3.23. The number of phenolic OH excluding ortho intramolecular Hbond substituents is 1. The first kappa shape index (κ1) is 16.3. The number of hydrogen-bond donors (Lipinski definition) is 1. The summed E-state index contributed by atoms with van der Waals surface area (Å²) in [6.07, 6.45) is 2.96. The molecule has 0 fully saturated rings. The topological polar surface area (TPSA) is 72.8 Å². The van der Waals surface area contributed by atoms with Crippen LogP contribution in [0.3, 0.4) is 0 Å². The third kappa shape index (κ3) is 3.97. The van der Waals surface area contributed by atoms with Crippen molar-refractivity contribution >= 4 is 17.8 Å².